The Morgan fingerprint density at radius 1 is 0.947 bits per heavy atom. The number of thiazole rings is 1. The number of anilines is 1. The molecule has 4 aromatic rings. The first-order valence-corrected chi connectivity index (χ1v) is 14.6. The molecule has 5 heterocycles. The van der Waals surface area contributed by atoms with Crippen molar-refractivity contribution < 1.29 is 14.0 Å². The molecule has 2 aromatic heterocycles. The lowest BCUT2D eigenvalue weighted by atomic mass is 10.2. The summed E-state index contributed by atoms with van der Waals surface area (Å²) >= 11 is 3.65. The van der Waals surface area contributed by atoms with Crippen LogP contribution in [0.1, 0.15) is 17.8 Å². The van der Waals surface area contributed by atoms with Crippen molar-refractivity contribution in [2.75, 3.05) is 24.7 Å². The van der Waals surface area contributed by atoms with Crippen molar-refractivity contribution in [3.8, 4) is 11.5 Å². The van der Waals surface area contributed by atoms with E-state index in [-0.39, 0.29) is 0 Å². The van der Waals surface area contributed by atoms with E-state index in [1.807, 2.05) is 46.2 Å². The molecule has 3 aliphatic heterocycles. The maximum atomic E-state index is 5.90. The summed E-state index contributed by atoms with van der Waals surface area (Å²) in [7, 11) is 0. The van der Waals surface area contributed by atoms with E-state index >= 15 is 0 Å². The zero-order valence-electron chi connectivity index (χ0n) is 20.7. The Morgan fingerprint density at radius 3 is 2.82 bits per heavy atom. The third-order valence-corrected chi connectivity index (χ3v) is 9.66. The number of benzene rings is 2. The Hall–Kier alpha value is -3.75. The molecule has 0 amide bonds. The van der Waals surface area contributed by atoms with Gasteiger partial charge in [0.25, 0.3) is 10.5 Å². The molecule has 4 aliphatic rings. The number of hydrogen-bond donors (Lipinski definition) is 0. The number of nitrogens with zero attached hydrogens (tertiary/aromatic N) is 4. The van der Waals surface area contributed by atoms with Crippen LogP contribution in [0.5, 0.6) is 11.5 Å². The van der Waals surface area contributed by atoms with Gasteiger partial charge >= 0.3 is 0 Å². The molecule has 8 rings (SSSR count). The second-order valence-electron chi connectivity index (χ2n) is 9.60. The van der Waals surface area contributed by atoms with Gasteiger partial charge in [0.15, 0.2) is 12.3 Å². The van der Waals surface area contributed by atoms with Gasteiger partial charge in [-0.15, -0.1) is 0 Å². The lowest BCUT2D eigenvalue weighted by Crippen LogP contribution is -2.41. The van der Waals surface area contributed by atoms with Gasteiger partial charge < -0.3 is 14.4 Å². The summed E-state index contributed by atoms with van der Waals surface area (Å²) in [4.78, 5) is 3.66. The maximum absolute atomic E-state index is 5.90. The Bertz CT molecular complexity index is 1710. The van der Waals surface area contributed by atoms with Crippen LogP contribution in [0.2, 0.25) is 0 Å². The molecule has 8 heteroatoms. The first kappa shape index (κ1) is 22.3. The molecule has 188 valence electrons. The molecule has 2 aromatic carbocycles. The fourth-order valence-corrected chi connectivity index (χ4v) is 7.97. The lowest BCUT2D eigenvalue weighted by molar-refractivity contribution is -0.673. The Kier molecular flexibility index (Phi) is 5.23. The molecule has 1 aliphatic carbocycles. The van der Waals surface area contributed by atoms with Crippen molar-refractivity contribution in [1.29, 1.82) is 0 Å². The van der Waals surface area contributed by atoms with E-state index in [1.54, 1.807) is 0 Å². The fraction of sp³-hybridized carbons (Fsp3) is 0.200. The predicted molar refractivity (Wildman–Crippen MR) is 153 cm³/mol. The van der Waals surface area contributed by atoms with Crippen LogP contribution < -0.4 is 18.9 Å². The minimum Gasteiger partial charge on any atom is -0.489 e. The average molecular weight is 538 g/mol. The molecule has 0 atom stereocenters. The number of allylic oxidation sites excluding steroid dienone is 6. The quantitative estimate of drug-likeness (QED) is 0.287. The van der Waals surface area contributed by atoms with Gasteiger partial charge in [0.1, 0.15) is 23.7 Å². The summed E-state index contributed by atoms with van der Waals surface area (Å²) in [6.45, 7) is 3.18. The number of aromatic nitrogens is 3. The van der Waals surface area contributed by atoms with E-state index in [4.69, 9.17) is 9.47 Å². The fourth-order valence-electron chi connectivity index (χ4n) is 5.75. The minimum absolute atomic E-state index is 0.712. The van der Waals surface area contributed by atoms with Crippen molar-refractivity contribution in [1.82, 2.24) is 9.78 Å². The monoisotopic (exact) mass is 537 g/mol. The number of hydrogen-bond acceptors (Lipinski definition) is 6. The zero-order valence-corrected chi connectivity index (χ0v) is 22.3. The van der Waals surface area contributed by atoms with Crippen molar-refractivity contribution in [3.63, 3.8) is 0 Å². The van der Waals surface area contributed by atoms with Gasteiger partial charge in [-0.1, -0.05) is 41.3 Å². The van der Waals surface area contributed by atoms with Crippen LogP contribution in [0, 0.1) is 0 Å². The van der Waals surface area contributed by atoms with Crippen molar-refractivity contribution in [2.45, 2.75) is 24.3 Å². The third-order valence-electron chi connectivity index (χ3n) is 7.43. The normalized spacial score (nSPS) is 20.2. The highest BCUT2D eigenvalue weighted by Gasteiger charge is 2.31. The number of thioether (sulfide) groups is 1. The summed E-state index contributed by atoms with van der Waals surface area (Å²) in [5, 5.41) is 7.13. The Morgan fingerprint density at radius 2 is 1.87 bits per heavy atom. The van der Waals surface area contributed by atoms with Gasteiger partial charge in [0.05, 0.1) is 23.0 Å². The Labute approximate surface area is 228 Å². The van der Waals surface area contributed by atoms with Gasteiger partial charge in [-0.2, -0.15) is 9.67 Å². The first-order chi connectivity index (χ1) is 18.8. The Balaban J connectivity index is 1.16. The highest BCUT2D eigenvalue weighted by molar-refractivity contribution is 8.03. The van der Waals surface area contributed by atoms with E-state index in [0.717, 1.165) is 37.4 Å². The van der Waals surface area contributed by atoms with E-state index in [0.29, 0.717) is 13.2 Å². The van der Waals surface area contributed by atoms with Crippen LogP contribution in [-0.2, 0) is 6.54 Å². The van der Waals surface area contributed by atoms with Crippen LogP contribution in [0.4, 0.5) is 5.69 Å². The molecule has 0 N–H and O–H groups in total. The summed E-state index contributed by atoms with van der Waals surface area (Å²) in [6.07, 6.45) is 15.0. The molecular weight excluding hydrogens is 512 g/mol. The van der Waals surface area contributed by atoms with Crippen LogP contribution >= 0.6 is 23.1 Å². The second-order valence-corrected chi connectivity index (χ2v) is 11.7. The van der Waals surface area contributed by atoms with Gasteiger partial charge in [-0.3, -0.25) is 0 Å². The van der Waals surface area contributed by atoms with Gasteiger partial charge in [0.2, 0.25) is 0 Å². The van der Waals surface area contributed by atoms with Gasteiger partial charge in [-0.25, -0.2) is 4.68 Å². The van der Waals surface area contributed by atoms with Crippen LogP contribution in [0.15, 0.2) is 94.2 Å². The molecule has 0 radical (unpaired) electrons. The van der Waals surface area contributed by atoms with Crippen LogP contribution in [-0.4, -0.2) is 29.5 Å². The number of para-hydroxylation sites is 2. The number of ether oxygens (including phenoxy) is 2. The summed E-state index contributed by atoms with van der Waals surface area (Å²) in [5.41, 5.74) is 6.24. The van der Waals surface area contributed by atoms with E-state index in [9.17, 15) is 0 Å². The van der Waals surface area contributed by atoms with Gasteiger partial charge in [-0.05, 0) is 66.5 Å². The molecule has 0 fully saturated rings. The topological polar surface area (TPSA) is 43.4 Å². The van der Waals surface area contributed by atoms with Crippen molar-refractivity contribution in [3.05, 3.63) is 94.3 Å². The highest BCUT2D eigenvalue weighted by Crippen LogP contribution is 2.52. The van der Waals surface area contributed by atoms with E-state index in [1.165, 1.54) is 47.7 Å². The van der Waals surface area contributed by atoms with Crippen LogP contribution in [0.25, 0.3) is 22.0 Å². The summed E-state index contributed by atoms with van der Waals surface area (Å²) in [5.74, 6) is 1.97. The molecule has 6 nitrogen and oxygen atoms in total. The maximum Gasteiger partial charge on any atom is 0.266 e. The van der Waals surface area contributed by atoms with Gasteiger partial charge in [0, 0.05) is 23.4 Å². The molecule has 0 unspecified atom stereocenters. The smallest absolute Gasteiger partial charge is 0.266 e. The molecule has 0 bridgehead atoms. The summed E-state index contributed by atoms with van der Waals surface area (Å²) in [6, 6.07) is 14.7. The predicted octanol–water partition coefficient (Wildman–Crippen LogP) is 6.27. The van der Waals surface area contributed by atoms with E-state index in [2.05, 4.69) is 75.3 Å². The molecule has 0 spiro atoms. The lowest BCUT2D eigenvalue weighted by Gasteiger charge is -2.27. The standard InChI is InChI=1S/C30H25N4O2S2/c1-4-22-29-24(6-1)37-26(32(29)16-18-35-22)12-10-20-8-9-21(28(20)34-15-3-14-31-34)11-13-27-33-17-19-36-23-5-2-7-25(38-27)30(23)33/h1-7,10-15H,8-9,16-19H2/q+1. The van der Waals surface area contributed by atoms with Crippen molar-refractivity contribution in [2.24, 2.45) is 0 Å². The molecule has 0 saturated heterocycles. The zero-order chi connectivity index (χ0) is 25.1. The largest absolute Gasteiger partial charge is 0.489 e. The van der Waals surface area contributed by atoms with E-state index < -0.39 is 0 Å². The third kappa shape index (κ3) is 3.55. The van der Waals surface area contributed by atoms with Crippen LogP contribution in [0.3, 0.4) is 0 Å². The first-order valence-electron chi connectivity index (χ1n) is 13.0. The molecule has 0 saturated carbocycles. The second kappa shape index (κ2) is 8.92. The minimum atomic E-state index is 0.712. The molecule has 38 heavy (non-hydrogen) atoms. The molecular formula is C30H25N4O2S2+. The van der Waals surface area contributed by atoms with Crippen molar-refractivity contribution >= 4 is 50.8 Å². The number of rotatable bonds is 4. The summed E-state index contributed by atoms with van der Waals surface area (Å²) < 4.78 is 17.5. The SMILES string of the molecule is C(/C=C1\CCC(/C=C/c2sc3cccc4c3[n+]2CCO4)=C1n1cccn1)=C1/Sc2cccc3c2N1CCO3. The average Bonchev–Trinajstić information content (AvgIpc) is 3.74. The highest BCUT2D eigenvalue weighted by atomic mass is 32.2.